The Morgan fingerprint density at radius 3 is 3.14 bits per heavy atom. The van der Waals surface area contributed by atoms with Crippen molar-refractivity contribution < 1.29 is 9.47 Å². The lowest BCUT2D eigenvalue weighted by atomic mass is 10.1. The van der Waals surface area contributed by atoms with Crippen molar-refractivity contribution in [3.05, 3.63) is 42.0 Å². The molecule has 5 nitrogen and oxygen atoms in total. The van der Waals surface area contributed by atoms with E-state index in [2.05, 4.69) is 20.9 Å². The average molecular weight is 285 g/mol. The molecule has 1 saturated carbocycles. The van der Waals surface area contributed by atoms with Gasteiger partial charge in [0.05, 0.1) is 24.3 Å². The molecule has 5 heteroatoms. The van der Waals surface area contributed by atoms with E-state index in [1.54, 1.807) is 0 Å². The molecule has 2 heterocycles. The Morgan fingerprint density at radius 1 is 1.43 bits per heavy atom. The number of imidazole rings is 1. The second kappa shape index (κ2) is 5.07. The Hall–Kier alpha value is -2.01. The summed E-state index contributed by atoms with van der Waals surface area (Å²) < 4.78 is 13.8. The Labute approximate surface area is 123 Å². The normalized spacial score (nSPS) is 20.1. The molecule has 2 aliphatic rings. The van der Waals surface area contributed by atoms with Crippen LogP contribution in [0.2, 0.25) is 0 Å². The number of benzene rings is 1. The number of hydrogen-bond acceptors (Lipinski definition) is 4. The molecule has 1 aromatic heterocycles. The van der Waals surface area contributed by atoms with E-state index in [1.165, 1.54) is 18.4 Å². The summed E-state index contributed by atoms with van der Waals surface area (Å²) in [4.78, 5) is 4.22. The van der Waals surface area contributed by atoms with Gasteiger partial charge in [-0.15, -0.1) is 0 Å². The molecule has 1 fully saturated rings. The number of ether oxygens (including phenoxy) is 2. The summed E-state index contributed by atoms with van der Waals surface area (Å²) in [6.45, 7) is 1.23. The molecule has 4 rings (SSSR count). The van der Waals surface area contributed by atoms with Gasteiger partial charge in [0, 0.05) is 17.7 Å². The summed E-state index contributed by atoms with van der Waals surface area (Å²) in [5, 5.41) is 3.24. The molecular weight excluding hydrogens is 266 g/mol. The minimum atomic E-state index is 0.283. The number of rotatable bonds is 5. The van der Waals surface area contributed by atoms with E-state index in [-0.39, 0.29) is 6.04 Å². The van der Waals surface area contributed by atoms with Crippen LogP contribution >= 0.6 is 0 Å². The van der Waals surface area contributed by atoms with Gasteiger partial charge in [0.2, 0.25) is 0 Å². The van der Waals surface area contributed by atoms with Crippen molar-refractivity contribution in [2.75, 3.05) is 13.7 Å². The molecule has 1 atom stereocenters. The molecule has 0 radical (unpaired) electrons. The molecule has 1 aromatic carbocycles. The zero-order chi connectivity index (χ0) is 14.2. The third kappa shape index (κ3) is 2.38. The van der Waals surface area contributed by atoms with Crippen molar-refractivity contribution >= 4 is 0 Å². The van der Waals surface area contributed by atoms with Crippen LogP contribution in [-0.2, 0) is 6.61 Å². The molecule has 110 valence electrons. The number of nitrogens with one attached hydrogen (secondary N) is 1. The maximum Gasteiger partial charge on any atom is 0.130 e. The van der Waals surface area contributed by atoms with Crippen molar-refractivity contribution in [1.82, 2.24) is 14.9 Å². The molecule has 1 aliphatic carbocycles. The average Bonchev–Trinajstić information content (AvgIpc) is 3.11. The van der Waals surface area contributed by atoms with Crippen molar-refractivity contribution in [2.24, 2.45) is 0 Å². The zero-order valence-electron chi connectivity index (χ0n) is 12.1. The third-order valence-electron chi connectivity index (χ3n) is 4.19. The smallest absolute Gasteiger partial charge is 0.130 e. The Morgan fingerprint density at radius 2 is 2.33 bits per heavy atom. The molecule has 2 aromatic rings. The van der Waals surface area contributed by atoms with Gasteiger partial charge in [-0.2, -0.15) is 0 Å². The van der Waals surface area contributed by atoms with Gasteiger partial charge in [-0.25, -0.2) is 4.98 Å². The SMILES string of the molecule is CNC1COc2cc(OCc3cncn3C3CC3)ccc21. The van der Waals surface area contributed by atoms with Gasteiger partial charge < -0.3 is 19.4 Å². The second-order valence-corrected chi connectivity index (χ2v) is 5.66. The van der Waals surface area contributed by atoms with E-state index >= 15 is 0 Å². The summed E-state index contributed by atoms with van der Waals surface area (Å²) in [7, 11) is 1.95. The van der Waals surface area contributed by atoms with Crippen LogP contribution in [0.15, 0.2) is 30.7 Å². The first-order chi connectivity index (χ1) is 10.3. The fourth-order valence-corrected chi connectivity index (χ4v) is 2.80. The summed E-state index contributed by atoms with van der Waals surface area (Å²) in [6, 6.07) is 6.98. The highest BCUT2D eigenvalue weighted by atomic mass is 16.5. The van der Waals surface area contributed by atoms with E-state index in [1.807, 2.05) is 31.7 Å². The first kappa shape index (κ1) is 12.7. The fraction of sp³-hybridized carbons (Fsp3) is 0.438. The van der Waals surface area contributed by atoms with Crippen LogP contribution in [-0.4, -0.2) is 23.2 Å². The van der Waals surface area contributed by atoms with Crippen LogP contribution < -0.4 is 14.8 Å². The molecule has 1 N–H and O–H groups in total. The fourth-order valence-electron chi connectivity index (χ4n) is 2.80. The second-order valence-electron chi connectivity index (χ2n) is 5.66. The predicted octanol–water partition coefficient (Wildman–Crippen LogP) is 2.45. The topological polar surface area (TPSA) is 48.3 Å². The number of nitrogens with zero attached hydrogens (tertiary/aromatic N) is 2. The van der Waals surface area contributed by atoms with Crippen LogP contribution in [0.5, 0.6) is 11.5 Å². The number of likely N-dealkylation sites (N-methyl/N-ethyl adjacent to an activating group) is 1. The monoisotopic (exact) mass is 285 g/mol. The maximum absolute atomic E-state index is 5.90. The third-order valence-corrected chi connectivity index (χ3v) is 4.19. The van der Waals surface area contributed by atoms with Gasteiger partial charge in [0.25, 0.3) is 0 Å². The minimum Gasteiger partial charge on any atom is -0.491 e. The van der Waals surface area contributed by atoms with Crippen LogP contribution in [0.3, 0.4) is 0 Å². The van der Waals surface area contributed by atoms with Crippen LogP contribution in [0.1, 0.15) is 36.2 Å². The summed E-state index contributed by atoms with van der Waals surface area (Å²) in [5.74, 6) is 1.76. The van der Waals surface area contributed by atoms with E-state index in [0.29, 0.717) is 19.3 Å². The van der Waals surface area contributed by atoms with Gasteiger partial charge in [0.15, 0.2) is 0 Å². The number of fused-ring (bicyclic) bond motifs is 1. The van der Waals surface area contributed by atoms with Gasteiger partial charge in [-0.1, -0.05) is 0 Å². The first-order valence-corrected chi connectivity index (χ1v) is 7.42. The van der Waals surface area contributed by atoms with E-state index in [0.717, 1.165) is 17.2 Å². The lowest BCUT2D eigenvalue weighted by molar-refractivity contribution is 0.290. The van der Waals surface area contributed by atoms with Gasteiger partial charge in [-0.3, -0.25) is 0 Å². The Kier molecular flexibility index (Phi) is 3.07. The lowest BCUT2D eigenvalue weighted by Gasteiger charge is -2.10. The highest BCUT2D eigenvalue weighted by molar-refractivity contribution is 5.45. The highest BCUT2D eigenvalue weighted by Gasteiger charge is 2.25. The molecule has 1 unspecified atom stereocenters. The van der Waals surface area contributed by atoms with Gasteiger partial charge in [0.1, 0.15) is 24.7 Å². The molecule has 1 aliphatic heterocycles. The molecular formula is C16H19N3O2. The number of aromatic nitrogens is 2. The van der Waals surface area contributed by atoms with Crippen molar-refractivity contribution in [1.29, 1.82) is 0 Å². The highest BCUT2D eigenvalue weighted by Crippen LogP contribution is 2.37. The standard InChI is InChI=1S/C16H19N3O2/c1-17-15-9-21-16-6-13(4-5-14(15)16)20-8-12-7-18-10-19(12)11-2-3-11/h4-7,10-11,15,17H,2-3,8-9H2,1H3. The van der Waals surface area contributed by atoms with Gasteiger partial charge >= 0.3 is 0 Å². The molecule has 0 spiro atoms. The zero-order valence-corrected chi connectivity index (χ0v) is 12.1. The lowest BCUT2D eigenvalue weighted by Crippen LogP contribution is -2.17. The Balaban J connectivity index is 1.47. The minimum absolute atomic E-state index is 0.283. The predicted molar refractivity (Wildman–Crippen MR) is 78.6 cm³/mol. The molecule has 0 bridgehead atoms. The molecule has 0 amide bonds. The van der Waals surface area contributed by atoms with Crippen molar-refractivity contribution in [2.45, 2.75) is 31.5 Å². The molecule has 0 saturated heterocycles. The Bertz CT molecular complexity index is 649. The summed E-state index contributed by atoms with van der Waals surface area (Å²) in [5.41, 5.74) is 2.33. The molecule has 21 heavy (non-hydrogen) atoms. The van der Waals surface area contributed by atoms with E-state index in [4.69, 9.17) is 9.47 Å². The largest absolute Gasteiger partial charge is 0.491 e. The van der Waals surface area contributed by atoms with Crippen LogP contribution in [0.25, 0.3) is 0 Å². The first-order valence-electron chi connectivity index (χ1n) is 7.42. The maximum atomic E-state index is 5.90. The van der Waals surface area contributed by atoms with E-state index < -0.39 is 0 Å². The quantitative estimate of drug-likeness (QED) is 0.916. The van der Waals surface area contributed by atoms with Crippen LogP contribution in [0, 0.1) is 0 Å². The summed E-state index contributed by atoms with van der Waals surface area (Å²) >= 11 is 0. The van der Waals surface area contributed by atoms with Crippen molar-refractivity contribution in [3.8, 4) is 11.5 Å². The van der Waals surface area contributed by atoms with E-state index in [9.17, 15) is 0 Å². The van der Waals surface area contributed by atoms with Crippen LogP contribution in [0.4, 0.5) is 0 Å². The van der Waals surface area contributed by atoms with Gasteiger partial charge in [-0.05, 0) is 32.0 Å². The summed E-state index contributed by atoms with van der Waals surface area (Å²) in [6.07, 6.45) is 6.29. The van der Waals surface area contributed by atoms with Crippen molar-refractivity contribution in [3.63, 3.8) is 0 Å². The number of hydrogen-bond donors (Lipinski definition) is 1.